The molecule has 1 rings (SSSR count). The Morgan fingerprint density at radius 3 is 3.13 bits per heavy atom. The number of nitrogens with zero attached hydrogens (tertiary/aromatic N) is 2. The summed E-state index contributed by atoms with van der Waals surface area (Å²) in [7, 11) is 0. The molecule has 0 saturated heterocycles. The highest BCUT2D eigenvalue weighted by atomic mass is 16.5. The molecule has 5 nitrogen and oxygen atoms in total. The number of aliphatic carboxylic acids is 1. The smallest absolute Gasteiger partial charge is 0.332 e. The quantitative estimate of drug-likeness (QED) is 0.792. The summed E-state index contributed by atoms with van der Waals surface area (Å²) < 4.78 is 5.04. The van der Waals surface area contributed by atoms with Crippen molar-refractivity contribution < 1.29 is 14.6 Å². The van der Waals surface area contributed by atoms with Crippen LogP contribution in [0.15, 0.2) is 18.3 Å². The van der Waals surface area contributed by atoms with E-state index in [2.05, 4.69) is 4.98 Å². The molecular formula is C10H10N2O3. The van der Waals surface area contributed by atoms with Crippen LogP contribution < -0.4 is 0 Å². The molecule has 0 radical (unpaired) electrons. The summed E-state index contributed by atoms with van der Waals surface area (Å²) in [5.41, 5.74) is 0.850. The second-order valence-corrected chi connectivity index (χ2v) is 2.91. The Morgan fingerprint density at radius 2 is 2.53 bits per heavy atom. The lowest BCUT2D eigenvalue weighted by Gasteiger charge is -2.08. The van der Waals surface area contributed by atoms with E-state index in [0.717, 1.165) is 0 Å². The molecule has 1 heterocycles. The van der Waals surface area contributed by atoms with E-state index in [1.54, 1.807) is 12.1 Å². The summed E-state index contributed by atoms with van der Waals surface area (Å²) in [4.78, 5) is 14.3. The van der Waals surface area contributed by atoms with Crippen molar-refractivity contribution in [1.29, 1.82) is 5.26 Å². The summed E-state index contributed by atoms with van der Waals surface area (Å²) in [6.07, 6.45) is 0.611. The lowest BCUT2D eigenvalue weighted by molar-refractivity contribution is -0.149. The minimum absolute atomic E-state index is 0.0736. The van der Waals surface area contributed by atoms with Gasteiger partial charge >= 0.3 is 5.97 Å². The van der Waals surface area contributed by atoms with E-state index in [4.69, 9.17) is 15.1 Å². The van der Waals surface area contributed by atoms with Crippen molar-refractivity contribution in [1.82, 2.24) is 4.98 Å². The molecule has 1 N–H and O–H groups in total. The number of nitriles is 1. The molecule has 0 aliphatic heterocycles. The third-order valence-electron chi connectivity index (χ3n) is 1.83. The van der Waals surface area contributed by atoms with Crippen LogP contribution in [-0.2, 0) is 16.1 Å². The second kappa shape index (κ2) is 5.08. The van der Waals surface area contributed by atoms with Gasteiger partial charge in [-0.2, -0.15) is 5.26 Å². The van der Waals surface area contributed by atoms with E-state index >= 15 is 0 Å². The Hall–Kier alpha value is -1.93. The van der Waals surface area contributed by atoms with Gasteiger partial charge in [0, 0.05) is 11.8 Å². The highest BCUT2D eigenvalue weighted by Crippen LogP contribution is 2.07. The molecule has 0 fully saturated rings. The molecule has 1 aromatic rings. The molecule has 0 spiro atoms. The normalized spacial score (nSPS) is 11.7. The largest absolute Gasteiger partial charge is 0.479 e. The van der Waals surface area contributed by atoms with Crippen LogP contribution in [0.3, 0.4) is 0 Å². The number of carboxylic acid groups (broad SMARTS) is 1. The fourth-order valence-electron chi connectivity index (χ4n) is 0.942. The van der Waals surface area contributed by atoms with E-state index in [-0.39, 0.29) is 12.3 Å². The van der Waals surface area contributed by atoms with Crippen LogP contribution in [0.4, 0.5) is 0 Å². The number of carboxylic acids is 1. The summed E-state index contributed by atoms with van der Waals surface area (Å²) >= 11 is 0. The van der Waals surface area contributed by atoms with E-state index in [1.807, 2.05) is 6.07 Å². The minimum atomic E-state index is -1.03. The molecule has 0 saturated carbocycles. The molecule has 0 aliphatic rings. The molecule has 78 valence electrons. The minimum Gasteiger partial charge on any atom is -0.479 e. The maximum Gasteiger partial charge on any atom is 0.332 e. The van der Waals surface area contributed by atoms with Crippen LogP contribution >= 0.6 is 0 Å². The third kappa shape index (κ3) is 3.04. The number of aromatic nitrogens is 1. The van der Waals surface area contributed by atoms with Crippen molar-refractivity contribution in [3.63, 3.8) is 0 Å². The highest BCUT2D eigenvalue weighted by Gasteiger charge is 2.12. The molecule has 1 atom stereocenters. The Morgan fingerprint density at radius 1 is 1.80 bits per heavy atom. The zero-order chi connectivity index (χ0) is 11.3. The summed E-state index contributed by atoms with van der Waals surface area (Å²) in [5.74, 6) is -1.03. The highest BCUT2D eigenvalue weighted by molar-refractivity contribution is 5.71. The number of ether oxygens (including phenoxy) is 1. The summed E-state index contributed by atoms with van der Waals surface area (Å²) in [6, 6.07) is 5.26. The number of hydrogen-bond donors (Lipinski definition) is 1. The summed E-state index contributed by atoms with van der Waals surface area (Å²) in [5, 5.41) is 17.3. The Bertz CT molecular complexity index is 398. The fourth-order valence-corrected chi connectivity index (χ4v) is 0.942. The predicted octanol–water partition coefficient (Wildman–Crippen LogP) is 0.943. The van der Waals surface area contributed by atoms with Gasteiger partial charge < -0.3 is 9.84 Å². The zero-order valence-corrected chi connectivity index (χ0v) is 8.17. The number of hydrogen-bond acceptors (Lipinski definition) is 4. The van der Waals surface area contributed by atoms with Gasteiger partial charge in [0.15, 0.2) is 6.10 Å². The lowest BCUT2D eigenvalue weighted by Crippen LogP contribution is -2.19. The van der Waals surface area contributed by atoms with E-state index in [9.17, 15) is 4.79 Å². The van der Waals surface area contributed by atoms with Gasteiger partial charge in [-0.3, -0.25) is 0 Å². The van der Waals surface area contributed by atoms with Gasteiger partial charge in [-0.15, -0.1) is 0 Å². The van der Waals surface area contributed by atoms with Crippen LogP contribution in [0, 0.1) is 11.3 Å². The van der Waals surface area contributed by atoms with Crippen LogP contribution in [0.5, 0.6) is 0 Å². The zero-order valence-electron chi connectivity index (χ0n) is 8.17. The molecule has 0 unspecified atom stereocenters. The maximum atomic E-state index is 10.5. The first-order valence-corrected chi connectivity index (χ1v) is 4.33. The van der Waals surface area contributed by atoms with E-state index < -0.39 is 12.1 Å². The second-order valence-electron chi connectivity index (χ2n) is 2.91. The molecular weight excluding hydrogens is 196 g/mol. The van der Waals surface area contributed by atoms with Crippen molar-refractivity contribution in [3.05, 3.63) is 29.6 Å². The molecule has 0 aromatic carbocycles. The molecule has 0 aliphatic carbocycles. The molecule has 5 heteroatoms. The number of rotatable bonds is 4. The van der Waals surface area contributed by atoms with Crippen molar-refractivity contribution in [2.45, 2.75) is 19.6 Å². The van der Waals surface area contributed by atoms with Crippen LogP contribution in [0.2, 0.25) is 0 Å². The predicted molar refractivity (Wildman–Crippen MR) is 50.8 cm³/mol. The first kappa shape index (κ1) is 11.1. The average molecular weight is 206 g/mol. The van der Waals surface area contributed by atoms with Crippen molar-refractivity contribution in [2.24, 2.45) is 0 Å². The van der Waals surface area contributed by atoms with Gasteiger partial charge in [0.05, 0.1) is 6.61 Å². The Balaban J connectivity index is 2.66. The van der Waals surface area contributed by atoms with Gasteiger partial charge in [-0.05, 0) is 13.0 Å². The van der Waals surface area contributed by atoms with Crippen LogP contribution in [-0.4, -0.2) is 22.2 Å². The van der Waals surface area contributed by atoms with Crippen molar-refractivity contribution in [2.75, 3.05) is 0 Å². The van der Waals surface area contributed by atoms with Gasteiger partial charge in [0.1, 0.15) is 11.8 Å². The van der Waals surface area contributed by atoms with Crippen LogP contribution in [0.25, 0.3) is 0 Å². The third-order valence-corrected chi connectivity index (χ3v) is 1.83. The molecule has 1 aromatic heterocycles. The van der Waals surface area contributed by atoms with Crippen LogP contribution in [0.1, 0.15) is 18.2 Å². The molecule has 15 heavy (non-hydrogen) atoms. The van der Waals surface area contributed by atoms with Gasteiger partial charge in [-0.1, -0.05) is 6.07 Å². The average Bonchev–Trinajstić information content (AvgIpc) is 2.26. The molecule has 0 bridgehead atoms. The van der Waals surface area contributed by atoms with Crippen molar-refractivity contribution in [3.8, 4) is 6.07 Å². The summed E-state index contributed by atoms with van der Waals surface area (Å²) in [6.45, 7) is 1.51. The lowest BCUT2D eigenvalue weighted by atomic mass is 10.2. The monoisotopic (exact) mass is 206 g/mol. The van der Waals surface area contributed by atoms with Crippen molar-refractivity contribution >= 4 is 5.97 Å². The first-order valence-electron chi connectivity index (χ1n) is 4.33. The maximum absolute atomic E-state index is 10.5. The first-order chi connectivity index (χ1) is 7.15. The molecule has 0 amide bonds. The fraction of sp³-hybridized carbons (Fsp3) is 0.300. The number of pyridine rings is 1. The Kier molecular flexibility index (Phi) is 3.77. The van der Waals surface area contributed by atoms with E-state index in [0.29, 0.717) is 5.56 Å². The van der Waals surface area contributed by atoms with E-state index in [1.165, 1.54) is 13.1 Å². The van der Waals surface area contributed by atoms with Gasteiger partial charge in [0.25, 0.3) is 0 Å². The number of carbonyl (C=O) groups is 1. The topological polar surface area (TPSA) is 83.2 Å². The van der Waals surface area contributed by atoms with Gasteiger partial charge in [0.2, 0.25) is 0 Å². The SMILES string of the molecule is C[C@H](OCc1cccnc1C#N)C(=O)O. The standard InChI is InChI=1S/C10H10N2O3/c1-7(10(13)14)15-6-8-3-2-4-12-9(8)5-11/h2-4,7H,6H2,1H3,(H,13,14)/t7-/m0/s1. The van der Waals surface area contributed by atoms with Gasteiger partial charge in [-0.25, -0.2) is 9.78 Å². The Labute approximate surface area is 86.9 Å².